The molecule has 136 valence electrons. The monoisotopic (exact) mass is 352 g/mol. The van der Waals surface area contributed by atoms with Gasteiger partial charge in [0.2, 0.25) is 0 Å². The molecule has 2 aromatic carbocycles. The number of ketones is 1. The molecule has 0 unspecified atom stereocenters. The Morgan fingerprint density at radius 3 is 2.12 bits per heavy atom. The highest BCUT2D eigenvalue weighted by atomic mass is 16.6. The van der Waals surface area contributed by atoms with Gasteiger partial charge in [0.1, 0.15) is 0 Å². The highest BCUT2D eigenvalue weighted by Gasteiger charge is 2.23. The second kappa shape index (κ2) is 8.63. The van der Waals surface area contributed by atoms with Crippen LogP contribution in [-0.2, 0) is 4.74 Å². The van der Waals surface area contributed by atoms with Crippen LogP contribution in [0.2, 0.25) is 0 Å². The van der Waals surface area contributed by atoms with E-state index in [4.69, 9.17) is 4.74 Å². The zero-order valence-corrected chi connectivity index (χ0v) is 15.1. The van der Waals surface area contributed by atoms with Gasteiger partial charge in [0.05, 0.1) is 13.2 Å². The predicted octanol–water partition coefficient (Wildman–Crippen LogP) is 3.31. The summed E-state index contributed by atoms with van der Waals surface area (Å²) in [5, 5.41) is 0. The number of carbonyl (C=O) groups is 2. The summed E-state index contributed by atoms with van der Waals surface area (Å²) >= 11 is 0. The minimum atomic E-state index is -0.269. The van der Waals surface area contributed by atoms with Crippen LogP contribution < -0.4 is 0 Å². The van der Waals surface area contributed by atoms with Crippen LogP contribution in [0.1, 0.15) is 17.3 Å². The molecule has 0 saturated carbocycles. The van der Waals surface area contributed by atoms with Crippen molar-refractivity contribution in [3.63, 3.8) is 0 Å². The number of rotatable bonds is 5. The molecule has 5 heteroatoms. The number of carbonyl (C=O) groups excluding carboxylic acids is 2. The molecule has 1 fully saturated rings. The van der Waals surface area contributed by atoms with E-state index >= 15 is 0 Å². The summed E-state index contributed by atoms with van der Waals surface area (Å²) in [4.78, 5) is 28.0. The molecule has 26 heavy (non-hydrogen) atoms. The van der Waals surface area contributed by atoms with Gasteiger partial charge in [-0.2, -0.15) is 0 Å². The Kier molecular flexibility index (Phi) is 6.02. The van der Waals surface area contributed by atoms with Crippen molar-refractivity contribution in [3.05, 3.63) is 60.2 Å². The van der Waals surface area contributed by atoms with Gasteiger partial charge < -0.3 is 9.64 Å². The summed E-state index contributed by atoms with van der Waals surface area (Å²) in [6.07, 6.45) is -0.269. The molecule has 0 aromatic heterocycles. The number of hydrogen-bond acceptors (Lipinski definition) is 4. The Balaban J connectivity index is 1.53. The SMILES string of the molecule is CCOC(=O)N1CCN(CC(=O)c2ccc(-c3ccccc3)cc2)CC1. The molecular weight excluding hydrogens is 328 g/mol. The highest BCUT2D eigenvalue weighted by molar-refractivity contribution is 5.98. The minimum Gasteiger partial charge on any atom is -0.450 e. The molecule has 5 nitrogen and oxygen atoms in total. The summed E-state index contributed by atoms with van der Waals surface area (Å²) in [5.74, 6) is 0.106. The van der Waals surface area contributed by atoms with Crippen LogP contribution in [-0.4, -0.2) is 61.0 Å². The molecule has 0 spiro atoms. The zero-order valence-electron chi connectivity index (χ0n) is 15.1. The summed E-state index contributed by atoms with van der Waals surface area (Å²) < 4.78 is 5.02. The fourth-order valence-corrected chi connectivity index (χ4v) is 3.08. The third-order valence-electron chi connectivity index (χ3n) is 4.58. The van der Waals surface area contributed by atoms with Crippen LogP contribution in [0, 0.1) is 0 Å². The molecule has 1 saturated heterocycles. The molecule has 1 amide bonds. The Labute approximate surface area is 154 Å². The van der Waals surface area contributed by atoms with E-state index in [-0.39, 0.29) is 11.9 Å². The van der Waals surface area contributed by atoms with Gasteiger partial charge in [-0.1, -0.05) is 54.6 Å². The highest BCUT2D eigenvalue weighted by Crippen LogP contribution is 2.19. The molecule has 0 radical (unpaired) electrons. The molecule has 1 aliphatic heterocycles. The topological polar surface area (TPSA) is 49.9 Å². The number of nitrogens with zero attached hydrogens (tertiary/aromatic N) is 2. The van der Waals surface area contributed by atoms with E-state index in [1.807, 2.05) is 42.5 Å². The van der Waals surface area contributed by atoms with Gasteiger partial charge >= 0.3 is 6.09 Å². The first-order valence-electron chi connectivity index (χ1n) is 9.00. The quantitative estimate of drug-likeness (QED) is 0.775. The largest absolute Gasteiger partial charge is 0.450 e. The standard InChI is InChI=1S/C21H24N2O3/c1-2-26-21(25)23-14-12-22(13-15-23)16-20(24)19-10-8-18(9-11-19)17-6-4-3-5-7-17/h3-11H,2,12-16H2,1H3. The zero-order chi connectivity index (χ0) is 18.4. The maximum absolute atomic E-state index is 12.5. The van der Waals surface area contributed by atoms with Gasteiger partial charge in [0.15, 0.2) is 5.78 Å². The number of amides is 1. The third-order valence-corrected chi connectivity index (χ3v) is 4.58. The van der Waals surface area contributed by atoms with Gasteiger partial charge in [-0.3, -0.25) is 9.69 Å². The van der Waals surface area contributed by atoms with Crippen LogP contribution >= 0.6 is 0 Å². The molecule has 3 rings (SSSR count). The summed E-state index contributed by atoms with van der Waals surface area (Å²) in [5.41, 5.74) is 2.96. The van der Waals surface area contributed by atoms with Gasteiger partial charge in [-0.05, 0) is 18.1 Å². The van der Waals surface area contributed by atoms with Gasteiger partial charge in [-0.25, -0.2) is 4.79 Å². The number of benzene rings is 2. The molecule has 0 aliphatic carbocycles. The van der Waals surface area contributed by atoms with E-state index in [1.165, 1.54) is 0 Å². The Morgan fingerprint density at radius 1 is 0.885 bits per heavy atom. The van der Waals surface area contributed by atoms with Gasteiger partial charge in [-0.15, -0.1) is 0 Å². The first-order valence-corrected chi connectivity index (χ1v) is 9.00. The Hall–Kier alpha value is -2.66. The average Bonchev–Trinajstić information content (AvgIpc) is 2.69. The van der Waals surface area contributed by atoms with Crippen LogP contribution in [0.25, 0.3) is 11.1 Å². The maximum atomic E-state index is 12.5. The van der Waals surface area contributed by atoms with E-state index in [9.17, 15) is 9.59 Å². The van der Waals surface area contributed by atoms with Crippen LogP contribution in [0.3, 0.4) is 0 Å². The minimum absolute atomic E-state index is 0.106. The summed E-state index contributed by atoms with van der Waals surface area (Å²) in [6.45, 7) is 5.13. The number of ether oxygens (including phenoxy) is 1. The van der Waals surface area contributed by atoms with Crippen molar-refractivity contribution in [2.24, 2.45) is 0 Å². The molecular formula is C21H24N2O3. The number of hydrogen-bond donors (Lipinski definition) is 0. The van der Waals surface area contributed by atoms with E-state index in [1.54, 1.807) is 11.8 Å². The van der Waals surface area contributed by atoms with Crippen LogP contribution in [0.4, 0.5) is 4.79 Å². The summed E-state index contributed by atoms with van der Waals surface area (Å²) in [7, 11) is 0. The molecule has 0 bridgehead atoms. The molecule has 0 atom stereocenters. The normalized spacial score (nSPS) is 14.9. The fourth-order valence-electron chi connectivity index (χ4n) is 3.08. The lowest BCUT2D eigenvalue weighted by Gasteiger charge is -2.33. The second-order valence-electron chi connectivity index (χ2n) is 6.33. The average molecular weight is 352 g/mol. The lowest BCUT2D eigenvalue weighted by Crippen LogP contribution is -2.50. The van der Waals surface area contributed by atoms with Crippen molar-refractivity contribution in [1.82, 2.24) is 9.80 Å². The van der Waals surface area contributed by atoms with Crippen molar-refractivity contribution in [2.75, 3.05) is 39.3 Å². The molecule has 0 N–H and O–H groups in total. The van der Waals surface area contributed by atoms with Gasteiger partial charge in [0, 0.05) is 31.7 Å². The van der Waals surface area contributed by atoms with Crippen LogP contribution in [0.15, 0.2) is 54.6 Å². The first-order chi connectivity index (χ1) is 12.7. The van der Waals surface area contributed by atoms with Crippen molar-refractivity contribution in [3.8, 4) is 11.1 Å². The van der Waals surface area contributed by atoms with Crippen molar-refractivity contribution in [1.29, 1.82) is 0 Å². The molecule has 2 aromatic rings. The molecule has 1 heterocycles. The van der Waals surface area contributed by atoms with E-state index in [2.05, 4.69) is 17.0 Å². The Bertz CT molecular complexity index is 736. The van der Waals surface area contributed by atoms with E-state index < -0.39 is 0 Å². The van der Waals surface area contributed by atoms with Crippen molar-refractivity contribution < 1.29 is 14.3 Å². The van der Waals surface area contributed by atoms with Crippen LogP contribution in [0.5, 0.6) is 0 Å². The third kappa shape index (κ3) is 4.49. The van der Waals surface area contributed by atoms with Crippen molar-refractivity contribution in [2.45, 2.75) is 6.92 Å². The van der Waals surface area contributed by atoms with Gasteiger partial charge in [0.25, 0.3) is 0 Å². The number of Topliss-reactive ketones (excluding diaryl/α,β-unsaturated/α-hetero) is 1. The summed E-state index contributed by atoms with van der Waals surface area (Å²) in [6, 6.07) is 17.9. The first kappa shape index (κ1) is 18.1. The van der Waals surface area contributed by atoms with E-state index in [0.29, 0.717) is 39.3 Å². The maximum Gasteiger partial charge on any atom is 0.409 e. The lowest BCUT2D eigenvalue weighted by atomic mass is 10.0. The smallest absolute Gasteiger partial charge is 0.409 e. The fraction of sp³-hybridized carbons (Fsp3) is 0.333. The lowest BCUT2D eigenvalue weighted by molar-refractivity contribution is 0.0733. The molecule has 1 aliphatic rings. The predicted molar refractivity (Wildman–Crippen MR) is 101 cm³/mol. The number of piperazine rings is 1. The van der Waals surface area contributed by atoms with E-state index in [0.717, 1.165) is 16.7 Å². The second-order valence-corrected chi connectivity index (χ2v) is 6.33. The van der Waals surface area contributed by atoms with Crippen molar-refractivity contribution >= 4 is 11.9 Å². The Morgan fingerprint density at radius 2 is 1.50 bits per heavy atom.